The van der Waals surface area contributed by atoms with E-state index in [1.807, 2.05) is 31.7 Å². The van der Waals surface area contributed by atoms with Gasteiger partial charge in [-0.25, -0.2) is 9.50 Å². The number of aromatic nitrogens is 5. The Kier molecular flexibility index (Phi) is 2.95. The minimum Gasteiger partial charge on any atom is -0.339 e. The zero-order valence-electron chi connectivity index (χ0n) is 11.9. The molecule has 1 aliphatic rings. The van der Waals surface area contributed by atoms with Crippen molar-refractivity contribution < 1.29 is 4.52 Å². The van der Waals surface area contributed by atoms with Gasteiger partial charge in [-0.3, -0.25) is 0 Å². The predicted octanol–water partition coefficient (Wildman–Crippen LogP) is 2.30. The summed E-state index contributed by atoms with van der Waals surface area (Å²) in [7, 11) is 0. The van der Waals surface area contributed by atoms with Crippen LogP contribution < -0.4 is 0 Å². The van der Waals surface area contributed by atoms with Crippen molar-refractivity contribution in [3.8, 4) is 11.4 Å². The van der Waals surface area contributed by atoms with Gasteiger partial charge in [0.2, 0.25) is 11.7 Å². The van der Waals surface area contributed by atoms with Gasteiger partial charge < -0.3 is 4.52 Å². The van der Waals surface area contributed by atoms with E-state index in [4.69, 9.17) is 4.52 Å². The molecule has 4 heterocycles. The van der Waals surface area contributed by atoms with Crippen molar-refractivity contribution >= 4 is 17.4 Å². The Morgan fingerprint density at radius 1 is 1.33 bits per heavy atom. The van der Waals surface area contributed by atoms with Gasteiger partial charge in [-0.15, -0.1) is 0 Å². The minimum absolute atomic E-state index is 0.574. The molecule has 4 rings (SSSR count). The molecular weight excluding hydrogens is 286 g/mol. The Morgan fingerprint density at radius 3 is 2.95 bits per heavy atom. The van der Waals surface area contributed by atoms with E-state index in [9.17, 15) is 0 Å². The smallest absolute Gasteiger partial charge is 0.227 e. The number of thioether (sulfide) groups is 1. The monoisotopic (exact) mass is 301 g/mol. The van der Waals surface area contributed by atoms with Gasteiger partial charge >= 0.3 is 0 Å². The predicted molar refractivity (Wildman–Crippen MR) is 80.3 cm³/mol. The summed E-state index contributed by atoms with van der Waals surface area (Å²) in [6.07, 6.45) is 2.62. The molecule has 3 aromatic heterocycles. The highest BCUT2D eigenvalue weighted by atomic mass is 32.2. The summed E-state index contributed by atoms with van der Waals surface area (Å²) in [5, 5.41) is 8.46. The van der Waals surface area contributed by atoms with E-state index >= 15 is 0 Å². The van der Waals surface area contributed by atoms with E-state index in [1.165, 1.54) is 11.5 Å². The largest absolute Gasteiger partial charge is 0.339 e. The van der Waals surface area contributed by atoms with E-state index in [-0.39, 0.29) is 0 Å². The van der Waals surface area contributed by atoms with E-state index in [2.05, 4.69) is 20.2 Å². The maximum Gasteiger partial charge on any atom is 0.227 e. The lowest BCUT2D eigenvalue weighted by atomic mass is 10.1. The molecule has 0 spiro atoms. The molecule has 1 aliphatic heterocycles. The molecular formula is C14H15N5OS. The first-order valence-electron chi connectivity index (χ1n) is 6.93. The zero-order valence-corrected chi connectivity index (χ0v) is 12.7. The van der Waals surface area contributed by atoms with Crippen molar-refractivity contribution in [3.05, 3.63) is 29.5 Å². The Balaban J connectivity index is 1.72. The summed E-state index contributed by atoms with van der Waals surface area (Å²) in [5.74, 6) is 4.33. The average molecular weight is 301 g/mol. The van der Waals surface area contributed by atoms with Gasteiger partial charge in [0.15, 0.2) is 5.65 Å². The van der Waals surface area contributed by atoms with Crippen LogP contribution in [0.5, 0.6) is 0 Å². The van der Waals surface area contributed by atoms with Crippen LogP contribution in [-0.2, 0) is 6.42 Å². The standard InChI is InChI=1S/C14H15N5OS/c1-8-3-9(2)19-14(16-8)11(5-15-19)13-17-12(20-18-13)4-10-6-21-7-10/h3,5,10H,4,6-7H2,1-2H3. The maximum absolute atomic E-state index is 5.37. The fourth-order valence-electron chi connectivity index (χ4n) is 2.52. The summed E-state index contributed by atoms with van der Waals surface area (Å²) in [6, 6.07) is 2.00. The second-order valence-corrected chi connectivity index (χ2v) is 6.53. The van der Waals surface area contributed by atoms with Crippen LogP contribution in [0, 0.1) is 19.8 Å². The number of fused-ring (bicyclic) bond motifs is 1. The van der Waals surface area contributed by atoms with Crippen LogP contribution >= 0.6 is 11.8 Å². The number of aryl methyl sites for hydroxylation is 2. The third-order valence-corrected chi connectivity index (χ3v) is 5.07. The molecule has 0 N–H and O–H groups in total. The van der Waals surface area contributed by atoms with E-state index in [0.717, 1.165) is 29.0 Å². The lowest BCUT2D eigenvalue weighted by Crippen LogP contribution is -2.20. The van der Waals surface area contributed by atoms with Crippen LogP contribution in [0.3, 0.4) is 0 Å². The molecule has 21 heavy (non-hydrogen) atoms. The van der Waals surface area contributed by atoms with Gasteiger partial charge in [0, 0.05) is 17.8 Å². The van der Waals surface area contributed by atoms with Crippen LogP contribution in [0.15, 0.2) is 16.8 Å². The molecule has 6 nitrogen and oxygen atoms in total. The normalized spacial score (nSPS) is 15.5. The Bertz CT molecular complexity index is 805. The quantitative estimate of drug-likeness (QED) is 0.739. The first-order valence-corrected chi connectivity index (χ1v) is 8.09. The summed E-state index contributed by atoms with van der Waals surface area (Å²) in [5.41, 5.74) is 3.59. The first-order chi connectivity index (χ1) is 10.2. The van der Waals surface area contributed by atoms with E-state index < -0.39 is 0 Å². The molecule has 108 valence electrons. The summed E-state index contributed by atoms with van der Waals surface area (Å²) in [4.78, 5) is 9.05. The summed E-state index contributed by atoms with van der Waals surface area (Å²) >= 11 is 1.96. The molecule has 3 aromatic rings. The van der Waals surface area contributed by atoms with Crippen molar-refractivity contribution in [3.63, 3.8) is 0 Å². The van der Waals surface area contributed by atoms with Crippen LogP contribution in [0.25, 0.3) is 17.0 Å². The number of rotatable bonds is 3. The summed E-state index contributed by atoms with van der Waals surface area (Å²) in [6.45, 7) is 3.98. The highest BCUT2D eigenvalue weighted by Crippen LogP contribution is 2.28. The average Bonchev–Trinajstić information content (AvgIpc) is 2.99. The Morgan fingerprint density at radius 2 is 2.19 bits per heavy atom. The van der Waals surface area contributed by atoms with Gasteiger partial charge in [0.25, 0.3) is 0 Å². The third kappa shape index (κ3) is 2.21. The SMILES string of the molecule is Cc1cc(C)n2ncc(-c3noc(CC4CSC4)n3)c2n1. The molecule has 7 heteroatoms. The van der Waals surface area contributed by atoms with Crippen molar-refractivity contribution in [2.24, 2.45) is 5.92 Å². The number of hydrogen-bond donors (Lipinski definition) is 0. The van der Waals surface area contributed by atoms with Gasteiger partial charge in [-0.05, 0) is 37.3 Å². The molecule has 0 saturated carbocycles. The topological polar surface area (TPSA) is 69.1 Å². The molecule has 0 amide bonds. The first kappa shape index (κ1) is 12.8. The fraction of sp³-hybridized carbons (Fsp3) is 0.429. The van der Waals surface area contributed by atoms with E-state index in [1.54, 1.807) is 10.7 Å². The number of nitrogens with zero attached hydrogens (tertiary/aromatic N) is 5. The molecule has 0 bridgehead atoms. The molecule has 0 atom stereocenters. The van der Waals surface area contributed by atoms with E-state index in [0.29, 0.717) is 17.6 Å². The highest BCUT2D eigenvalue weighted by molar-refractivity contribution is 8.00. The molecule has 1 saturated heterocycles. The molecule has 0 aromatic carbocycles. The minimum atomic E-state index is 0.574. The highest BCUT2D eigenvalue weighted by Gasteiger charge is 2.22. The molecule has 0 radical (unpaired) electrons. The van der Waals surface area contributed by atoms with Crippen LogP contribution in [-0.4, -0.2) is 36.2 Å². The van der Waals surface area contributed by atoms with Crippen molar-refractivity contribution in [2.45, 2.75) is 20.3 Å². The van der Waals surface area contributed by atoms with Crippen molar-refractivity contribution in [1.82, 2.24) is 24.7 Å². The van der Waals surface area contributed by atoms with Crippen LogP contribution in [0.4, 0.5) is 0 Å². The Labute approximate surface area is 126 Å². The zero-order chi connectivity index (χ0) is 14.4. The van der Waals surface area contributed by atoms with Gasteiger partial charge in [-0.1, -0.05) is 5.16 Å². The molecule has 0 aliphatic carbocycles. The lowest BCUT2D eigenvalue weighted by molar-refractivity contribution is 0.363. The fourth-order valence-corrected chi connectivity index (χ4v) is 3.33. The van der Waals surface area contributed by atoms with Gasteiger partial charge in [-0.2, -0.15) is 21.8 Å². The molecule has 0 unspecified atom stereocenters. The Hall–Kier alpha value is -1.89. The number of hydrogen-bond acceptors (Lipinski definition) is 6. The summed E-state index contributed by atoms with van der Waals surface area (Å²) < 4.78 is 7.18. The second-order valence-electron chi connectivity index (χ2n) is 5.45. The second kappa shape index (κ2) is 4.84. The van der Waals surface area contributed by atoms with Gasteiger partial charge in [0.1, 0.15) is 0 Å². The van der Waals surface area contributed by atoms with Gasteiger partial charge in [0.05, 0.1) is 11.8 Å². The van der Waals surface area contributed by atoms with Crippen molar-refractivity contribution in [2.75, 3.05) is 11.5 Å². The molecule has 1 fully saturated rings. The third-order valence-electron chi connectivity index (χ3n) is 3.66. The van der Waals surface area contributed by atoms with Crippen LogP contribution in [0.1, 0.15) is 17.3 Å². The van der Waals surface area contributed by atoms with Crippen LogP contribution in [0.2, 0.25) is 0 Å². The van der Waals surface area contributed by atoms with Crippen molar-refractivity contribution in [1.29, 1.82) is 0 Å². The lowest BCUT2D eigenvalue weighted by Gasteiger charge is -2.22. The maximum atomic E-state index is 5.37.